The van der Waals surface area contributed by atoms with E-state index in [1.54, 1.807) is 6.92 Å². The van der Waals surface area contributed by atoms with Crippen LogP contribution in [0.5, 0.6) is 0 Å². The summed E-state index contributed by atoms with van der Waals surface area (Å²) in [6.07, 6.45) is 0.376. The van der Waals surface area contributed by atoms with E-state index >= 15 is 0 Å². The fourth-order valence-corrected chi connectivity index (χ4v) is 1.44. The second kappa shape index (κ2) is 4.09. The Morgan fingerprint density at radius 3 is 2.25 bits per heavy atom. The predicted octanol–water partition coefficient (Wildman–Crippen LogP) is 3.22. The van der Waals surface area contributed by atoms with Gasteiger partial charge in [0.1, 0.15) is 5.82 Å². The highest BCUT2D eigenvalue weighted by Gasteiger charge is 2.47. The quantitative estimate of drug-likeness (QED) is 0.849. The summed E-state index contributed by atoms with van der Waals surface area (Å²) in [5, 5.41) is 0. The van der Waals surface area contributed by atoms with Gasteiger partial charge >= 0.3 is 0 Å². The van der Waals surface area contributed by atoms with Gasteiger partial charge in [-0.1, -0.05) is 19.1 Å². The summed E-state index contributed by atoms with van der Waals surface area (Å²) < 4.78 is 41.5. The largest absolute Gasteiger partial charge is 0.320 e. The molecule has 0 aromatic heterocycles. The normalized spacial score (nSPS) is 12.9. The van der Waals surface area contributed by atoms with E-state index in [2.05, 4.69) is 0 Å². The number of rotatable bonds is 3. The van der Waals surface area contributed by atoms with Gasteiger partial charge in [-0.05, 0) is 31.9 Å². The first-order valence-corrected chi connectivity index (χ1v) is 5.16. The highest BCUT2D eigenvalue weighted by molar-refractivity contribution is 5.31. The average Bonchev–Trinajstić information content (AvgIpc) is 2.16. The molecule has 0 spiro atoms. The zero-order valence-corrected chi connectivity index (χ0v) is 9.65. The zero-order valence-electron chi connectivity index (χ0n) is 9.65. The van der Waals surface area contributed by atoms with Crippen molar-refractivity contribution in [1.82, 2.24) is 0 Å². The third kappa shape index (κ3) is 2.07. The van der Waals surface area contributed by atoms with Crippen LogP contribution in [0.25, 0.3) is 0 Å². The minimum Gasteiger partial charge on any atom is -0.320 e. The highest BCUT2D eigenvalue weighted by Crippen LogP contribution is 2.39. The van der Waals surface area contributed by atoms with Gasteiger partial charge in [0.2, 0.25) is 0 Å². The molecule has 0 radical (unpaired) electrons. The van der Waals surface area contributed by atoms with Crippen molar-refractivity contribution in [2.24, 2.45) is 5.73 Å². The maximum atomic E-state index is 13.9. The number of aryl methyl sites for hydroxylation is 1. The molecule has 0 heterocycles. The van der Waals surface area contributed by atoms with Crippen molar-refractivity contribution >= 4 is 0 Å². The van der Waals surface area contributed by atoms with Crippen molar-refractivity contribution < 1.29 is 13.2 Å². The molecule has 16 heavy (non-hydrogen) atoms. The monoisotopic (exact) mass is 231 g/mol. The second-order valence-electron chi connectivity index (χ2n) is 4.43. The fraction of sp³-hybridized carbons (Fsp3) is 0.500. The fourth-order valence-electron chi connectivity index (χ4n) is 1.44. The molecule has 0 amide bonds. The molecular weight excluding hydrogens is 215 g/mol. The van der Waals surface area contributed by atoms with Crippen molar-refractivity contribution in [2.45, 2.75) is 38.7 Å². The summed E-state index contributed by atoms with van der Waals surface area (Å²) >= 11 is 0. The van der Waals surface area contributed by atoms with Crippen LogP contribution in [0.4, 0.5) is 13.2 Å². The molecule has 0 atom stereocenters. The van der Waals surface area contributed by atoms with Gasteiger partial charge in [-0.15, -0.1) is 0 Å². The maximum absolute atomic E-state index is 13.9. The summed E-state index contributed by atoms with van der Waals surface area (Å²) in [4.78, 5) is 0. The van der Waals surface area contributed by atoms with Gasteiger partial charge in [-0.2, -0.15) is 8.78 Å². The van der Waals surface area contributed by atoms with Crippen molar-refractivity contribution in [3.63, 3.8) is 0 Å². The highest BCUT2D eigenvalue weighted by atomic mass is 19.3. The number of nitrogens with two attached hydrogens (primary N) is 1. The van der Waals surface area contributed by atoms with E-state index in [4.69, 9.17) is 5.73 Å². The molecule has 1 aromatic rings. The molecule has 1 aromatic carbocycles. The van der Waals surface area contributed by atoms with E-state index in [1.165, 1.54) is 26.0 Å². The molecule has 0 saturated heterocycles. The number of hydrogen-bond donors (Lipinski definition) is 1. The third-order valence-electron chi connectivity index (χ3n) is 2.61. The Bertz CT molecular complexity index is 380. The Labute approximate surface area is 93.5 Å². The van der Waals surface area contributed by atoms with Gasteiger partial charge in [0.15, 0.2) is 0 Å². The molecule has 90 valence electrons. The summed E-state index contributed by atoms with van der Waals surface area (Å²) in [7, 11) is 0. The SMILES string of the molecule is CCc1cccc(C(F)(F)C(C)(C)N)c1F. The summed E-state index contributed by atoms with van der Waals surface area (Å²) in [5.74, 6) is -4.24. The van der Waals surface area contributed by atoms with Crippen LogP contribution >= 0.6 is 0 Å². The summed E-state index contributed by atoms with van der Waals surface area (Å²) in [6, 6.07) is 4.01. The smallest absolute Gasteiger partial charge is 0.293 e. The van der Waals surface area contributed by atoms with E-state index in [9.17, 15) is 13.2 Å². The molecule has 0 aliphatic rings. The zero-order chi connectivity index (χ0) is 12.6. The van der Waals surface area contributed by atoms with Crippen molar-refractivity contribution in [2.75, 3.05) is 0 Å². The predicted molar refractivity (Wildman–Crippen MR) is 57.9 cm³/mol. The lowest BCUT2D eigenvalue weighted by Gasteiger charge is -2.31. The lowest BCUT2D eigenvalue weighted by Crippen LogP contribution is -2.49. The Kier molecular flexibility index (Phi) is 3.33. The van der Waals surface area contributed by atoms with Gasteiger partial charge in [-0.3, -0.25) is 0 Å². The van der Waals surface area contributed by atoms with E-state index in [-0.39, 0.29) is 5.56 Å². The van der Waals surface area contributed by atoms with Gasteiger partial charge < -0.3 is 5.73 Å². The Morgan fingerprint density at radius 1 is 1.25 bits per heavy atom. The third-order valence-corrected chi connectivity index (χ3v) is 2.61. The average molecular weight is 231 g/mol. The van der Waals surface area contributed by atoms with Crippen LogP contribution in [0.2, 0.25) is 0 Å². The molecule has 1 nitrogen and oxygen atoms in total. The van der Waals surface area contributed by atoms with Crippen molar-refractivity contribution in [1.29, 1.82) is 0 Å². The molecule has 0 aliphatic heterocycles. The molecule has 0 fully saturated rings. The number of benzene rings is 1. The molecule has 0 aliphatic carbocycles. The van der Waals surface area contributed by atoms with Crippen molar-refractivity contribution in [3.8, 4) is 0 Å². The molecule has 1 rings (SSSR count). The molecular formula is C12H16F3N. The van der Waals surface area contributed by atoms with E-state index < -0.39 is 22.8 Å². The minimum atomic E-state index is -3.39. The van der Waals surface area contributed by atoms with Crippen LogP contribution in [0, 0.1) is 5.82 Å². The van der Waals surface area contributed by atoms with E-state index in [0.717, 1.165) is 6.07 Å². The second-order valence-corrected chi connectivity index (χ2v) is 4.43. The Hall–Kier alpha value is -1.03. The maximum Gasteiger partial charge on any atom is 0.293 e. The molecule has 0 saturated carbocycles. The topological polar surface area (TPSA) is 26.0 Å². The van der Waals surface area contributed by atoms with Crippen LogP contribution in [0.15, 0.2) is 18.2 Å². The first kappa shape index (κ1) is 13.0. The van der Waals surface area contributed by atoms with Gasteiger partial charge in [-0.25, -0.2) is 4.39 Å². The van der Waals surface area contributed by atoms with Crippen LogP contribution < -0.4 is 5.73 Å². The Balaban J connectivity index is 3.34. The van der Waals surface area contributed by atoms with Gasteiger partial charge in [0.25, 0.3) is 5.92 Å². The number of halogens is 3. The molecule has 4 heteroatoms. The minimum absolute atomic E-state index is 0.279. The summed E-state index contributed by atoms with van der Waals surface area (Å²) in [5.41, 5.74) is 3.25. The standard InChI is InChI=1S/C12H16F3N/c1-4-8-6-5-7-9(10(8)13)12(14,15)11(2,3)16/h5-7H,4,16H2,1-3H3. The van der Waals surface area contributed by atoms with Crippen LogP contribution in [-0.2, 0) is 12.3 Å². The van der Waals surface area contributed by atoms with E-state index in [1.807, 2.05) is 0 Å². The first-order valence-electron chi connectivity index (χ1n) is 5.16. The Morgan fingerprint density at radius 2 is 1.81 bits per heavy atom. The molecule has 2 N–H and O–H groups in total. The summed E-state index contributed by atoms with van der Waals surface area (Å²) in [6.45, 7) is 4.09. The van der Waals surface area contributed by atoms with Gasteiger partial charge in [0.05, 0.1) is 11.1 Å². The first-order chi connectivity index (χ1) is 7.21. The van der Waals surface area contributed by atoms with Crippen molar-refractivity contribution in [3.05, 3.63) is 35.1 Å². The number of hydrogen-bond acceptors (Lipinski definition) is 1. The van der Waals surface area contributed by atoms with E-state index in [0.29, 0.717) is 6.42 Å². The van der Waals surface area contributed by atoms with Crippen LogP contribution in [0.1, 0.15) is 31.9 Å². The van der Waals surface area contributed by atoms with Gasteiger partial charge in [0, 0.05) is 0 Å². The lowest BCUT2D eigenvalue weighted by molar-refractivity contribution is -0.0701. The van der Waals surface area contributed by atoms with Crippen LogP contribution in [0.3, 0.4) is 0 Å². The lowest BCUT2D eigenvalue weighted by atomic mass is 9.89. The molecule has 0 unspecified atom stereocenters. The van der Waals surface area contributed by atoms with Crippen LogP contribution in [-0.4, -0.2) is 5.54 Å². The molecule has 0 bridgehead atoms. The number of alkyl halides is 2.